The van der Waals surface area contributed by atoms with Gasteiger partial charge in [-0.05, 0) is 63.0 Å². The third-order valence-electron chi connectivity index (χ3n) is 13.6. The number of benzene rings is 8. The number of hydrogen-bond acceptors (Lipinski definition) is 5. The van der Waals surface area contributed by atoms with Crippen LogP contribution in [0.5, 0.6) is 0 Å². The summed E-state index contributed by atoms with van der Waals surface area (Å²) in [5.41, 5.74) is 17.1. The lowest BCUT2D eigenvalue weighted by atomic mass is 9.93. The maximum Gasteiger partial charge on any atom is 0.221 e. The Morgan fingerprint density at radius 2 is 0.778 bits per heavy atom. The van der Waals surface area contributed by atoms with Crippen LogP contribution in [-0.4, -0.2) is 29.5 Å². The van der Waals surface area contributed by atoms with Crippen LogP contribution in [0.25, 0.3) is 138 Å². The van der Waals surface area contributed by atoms with Gasteiger partial charge in [-0.3, -0.25) is 4.98 Å². The van der Waals surface area contributed by atoms with Crippen molar-refractivity contribution >= 4 is 49.3 Å². The molecule has 0 amide bonds. The summed E-state index contributed by atoms with van der Waals surface area (Å²) in [5, 5.41) is 3.66. The van der Waals surface area contributed by atoms with Crippen molar-refractivity contribution in [2.75, 3.05) is 0 Å². The van der Waals surface area contributed by atoms with E-state index in [1.165, 1.54) is 0 Å². The summed E-state index contributed by atoms with van der Waals surface area (Å²) >= 11 is 0. The van der Waals surface area contributed by atoms with Gasteiger partial charge in [0.1, 0.15) is 5.52 Å². The maximum atomic E-state index is 8.88. The van der Waals surface area contributed by atoms with Crippen LogP contribution in [0.3, 0.4) is 0 Å². The van der Waals surface area contributed by atoms with Gasteiger partial charge in [0, 0.05) is 51.7 Å². The third-order valence-corrected chi connectivity index (χ3v) is 13.6. The summed E-state index contributed by atoms with van der Waals surface area (Å²) in [6, 6.07) is 76.7. The molecule has 13 rings (SSSR count). The van der Waals surface area contributed by atoms with Crippen molar-refractivity contribution in [3.63, 3.8) is 0 Å². The molecule has 8 aromatic carbocycles. The highest BCUT2D eigenvalue weighted by atomic mass is 15.0. The minimum absolute atomic E-state index is 0.460. The molecule has 0 aliphatic heterocycles. The zero-order valence-corrected chi connectivity index (χ0v) is 39.1. The number of rotatable bonds is 8. The van der Waals surface area contributed by atoms with E-state index >= 15 is 0 Å². The van der Waals surface area contributed by atoms with Crippen molar-refractivity contribution in [2.45, 2.75) is 0 Å². The third kappa shape index (κ3) is 7.26. The lowest BCUT2D eigenvalue weighted by Crippen LogP contribution is -2.00. The molecule has 13 aromatic rings. The van der Waals surface area contributed by atoms with E-state index in [1.54, 1.807) is 0 Å². The van der Waals surface area contributed by atoms with E-state index in [4.69, 9.17) is 31.5 Å². The first-order valence-electron chi connectivity index (χ1n) is 23.9. The zero-order chi connectivity index (χ0) is 48.1. The Morgan fingerprint density at radius 3 is 1.28 bits per heavy atom. The molecule has 0 saturated carbocycles. The minimum Gasteiger partial charge on any atom is -0.349 e. The number of aromatic nitrogens is 6. The predicted octanol–water partition coefficient (Wildman–Crippen LogP) is 16.5. The van der Waals surface area contributed by atoms with E-state index in [-0.39, 0.29) is 0 Å². The summed E-state index contributed by atoms with van der Waals surface area (Å²) in [6.07, 6.45) is 2.11. The first-order chi connectivity index (χ1) is 35.6. The predicted molar refractivity (Wildman–Crippen MR) is 294 cm³/mol. The van der Waals surface area contributed by atoms with Crippen molar-refractivity contribution < 1.29 is 0 Å². The van der Waals surface area contributed by atoms with Crippen molar-refractivity contribution in [3.8, 4) is 89.9 Å². The van der Waals surface area contributed by atoms with Gasteiger partial charge in [-0.15, -0.1) is 0 Å². The van der Waals surface area contributed by atoms with Gasteiger partial charge in [-0.1, -0.05) is 200 Å². The molecule has 5 aromatic heterocycles. The molecule has 0 fully saturated rings. The monoisotopic (exact) mass is 919 g/mol. The van der Waals surface area contributed by atoms with Crippen LogP contribution in [0.15, 0.2) is 231 Å². The summed E-state index contributed by atoms with van der Waals surface area (Å²) < 4.78 is 2.11. The van der Waals surface area contributed by atoms with E-state index in [0.717, 1.165) is 117 Å². The highest BCUT2D eigenvalue weighted by Gasteiger charge is 2.25. The minimum atomic E-state index is 0.460. The molecule has 0 aliphatic rings. The number of fused-ring (bicyclic) bond motifs is 6. The van der Waals surface area contributed by atoms with E-state index in [1.807, 2.05) is 116 Å². The number of pyridine rings is 3. The first-order valence-corrected chi connectivity index (χ1v) is 23.9. The van der Waals surface area contributed by atoms with Crippen LogP contribution in [-0.2, 0) is 7.05 Å². The molecule has 0 spiro atoms. The van der Waals surface area contributed by atoms with Gasteiger partial charge in [0.15, 0.2) is 5.82 Å². The molecule has 0 N–H and O–H groups in total. The quantitative estimate of drug-likeness (QED) is 0.112. The largest absolute Gasteiger partial charge is 0.349 e. The summed E-state index contributed by atoms with van der Waals surface area (Å²) in [6.45, 7) is 8.88. The van der Waals surface area contributed by atoms with Gasteiger partial charge in [0.25, 0.3) is 0 Å². The lowest BCUT2D eigenvalue weighted by molar-refractivity contribution is 0.932. The highest BCUT2D eigenvalue weighted by Crippen LogP contribution is 2.47. The Morgan fingerprint density at radius 1 is 0.361 bits per heavy atom. The SMILES string of the molecule is [C-]#[N+]c1c(-c2ccccc2)nc2c(ccc3c(-c4ccccc4)cc(-c4ccccc4)nc32)c1-c1cc(-c2nc(-c3ccccc3)nc3c2ccc2c(-c4ccccc4)cc(-c4ccccc4)nc23)n(C)c1. The molecule has 0 aliphatic carbocycles. The fourth-order valence-corrected chi connectivity index (χ4v) is 10.2. The van der Waals surface area contributed by atoms with Crippen molar-refractivity contribution in [1.29, 1.82) is 0 Å². The molecule has 0 atom stereocenters. The van der Waals surface area contributed by atoms with Crippen LogP contribution < -0.4 is 0 Å². The Bertz CT molecular complexity index is 4250. The summed E-state index contributed by atoms with van der Waals surface area (Å²) in [5.74, 6) is 0.588. The molecule has 7 nitrogen and oxygen atoms in total. The molecule has 0 saturated heterocycles. The second kappa shape index (κ2) is 17.6. The second-order valence-electron chi connectivity index (χ2n) is 17.9. The van der Waals surface area contributed by atoms with Crippen LogP contribution in [0.2, 0.25) is 0 Å². The standard InChI is InChI=1S/C65H41N7/c1-66-64-57(50-35-33-48-52(41-21-9-3-10-22-41)38-54(43-25-13-5-14-26-43)67-60(48)62(50)69-58(64)45-29-17-7-18-30-45)47-37-56(72(2)40-47)59-51-36-34-49-53(42-23-11-4-12-24-42)39-55(44-27-15-6-16-28-44)68-61(49)63(51)71-65(70-59)46-31-19-8-20-32-46/h3-40H,2H3. The molecule has 72 heavy (non-hydrogen) atoms. The van der Waals surface area contributed by atoms with Gasteiger partial charge >= 0.3 is 0 Å². The smallest absolute Gasteiger partial charge is 0.221 e. The number of nitrogens with zero attached hydrogens (tertiary/aromatic N) is 7. The molecule has 7 heteroatoms. The Kier molecular flexibility index (Phi) is 10.3. The van der Waals surface area contributed by atoms with Crippen molar-refractivity contribution in [3.05, 3.63) is 242 Å². The fourth-order valence-electron chi connectivity index (χ4n) is 10.2. The highest BCUT2D eigenvalue weighted by molar-refractivity contribution is 6.17. The number of hydrogen-bond donors (Lipinski definition) is 0. The molecular weight excluding hydrogens is 879 g/mol. The van der Waals surface area contributed by atoms with Gasteiger partial charge in [0.05, 0.1) is 51.6 Å². The van der Waals surface area contributed by atoms with Crippen LogP contribution in [0, 0.1) is 6.57 Å². The van der Waals surface area contributed by atoms with Gasteiger partial charge in [-0.2, -0.15) is 0 Å². The first kappa shape index (κ1) is 42.2. The Labute approximate surface area is 415 Å². The van der Waals surface area contributed by atoms with E-state index in [0.29, 0.717) is 22.7 Å². The fraction of sp³-hybridized carbons (Fsp3) is 0.0154. The molecule has 336 valence electrons. The van der Waals surface area contributed by atoms with Crippen molar-refractivity contribution in [1.82, 2.24) is 29.5 Å². The van der Waals surface area contributed by atoms with E-state index in [2.05, 4.69) is 131 Å². The molecule has 0 unspecified atom stereocenters. The second-order valence-corrected chi connectivity index (χ2v) is 17.9. The van der Waals surface area contributed by atoms with Crippen LogP contribution in [0.4, 0.5) is 5.69 Å². The average Bonchev–Trinajstić information content (AvgIpc) is 3.85. The average molecular weight is 920 g/mol. The number of aryl methyl sites for hydroxylation is 1. The molecular formula is C65H41N7. The van der Waals surface area contributed by atoms with E-state index in [9.17, 15) is 0 Å². The zero-order valence-electron chi connectivity index (χ0n) is 39.1. The maximum absolute atomic E-state index is 8.88. The summed E-state index contributed by atoms with van der Waals surface area (Å²) in [7, 11) is 2.05. The van der Waals surface area contributed by atoms with Gasteiger partial charge in [-0.25, -0.2) is 24.8 Å². The van der Waals surface area contributed by atoms with Crippen molar-refractivity contribution in [2.24, 2.45) is 7.05 Å². The molecule has 5 heterocycles. The van der Waals surface area contributed by atoms with Gasteiger partial charge in [0.2, 0.25) is 5.69 Å². The topological polar surface area (TPSA) is 73.7 Å². The lowest BCUT2D eigenvalue weighted by Gasteiger charge is -2.16. The molecule has 0 radical (unpaired) electrons. The normalized spacial score (nSPS) is 11.4. The molecule has 0 bridgehead atoms. The van der Waals surface area contributed by atoms with Gasteiger partial charge < -0.3 is 4.57 Å². The summed E-state index contributed by atoms with van der Waals surface area (Å²) in [4.78, 5) is 31.5. The van der Waals surface area contributed by atoms with E-state index < -0.39 is 0 Å². The van der Waals surface area contributed by atoms with Crippen LogP contribution >= 0.6 is 0 Å². The Hall–Kier alpha value is -9.90. The van der Waals surface area contributed by atoms with Crippen LogP contribution in [0.1, 0.15) is 0 Å². The Balaban J connectivity index is 1.10.